The van der Waals surface area contributed by atoms with Gasteiger partial charge < -0.3 is 5.32 Å². The van der Waals surface area contributed by atoms with Crippen LogP contribution in [0.4, 0.5) is 5.00 Å². The maximum atomic E-state index is 12.5. The second-order valence-corrected chi connectivity index (χ2v) is 8.69. The van der Waals surface area contributed by atoms with Gasteiger partial charge in [-0.15, -0.1) is 22.7 Å². The van der Waals surface area contributed by atoms with Crippen LogP contribution >= 0.6 is 22.7 Å². The van der Waals surface area contributed by atoms with Crippen molar-refractivity contribution >= 4 is 33.6 Å². The van der Waals surface area contributed by atoms with Crippen molar-refractivity contribution in [1.29, 1.82) is 5.26 Å². The molecule has 1 aromatic carbocycles. The molecular weight excluding hydrogens is 374 g/mol. The molecule has 0 bridgehead atoms. The Morgan fingerprint density at radius 3 is 2.85 bits per heavy atom. The smallest absolute Gasteiger partial charge is 0.231 e. The predicted octanol–water partition coefficient (Wildman–Crippen LogP) is 4.73. The number of anilines is 1. The van der Waals surface area contributed by atoms with Crippen molar-refractivity contribution in [1.82, 2.24) is 4.98 Å². The highest BCUT2D eigenvalue weighted by atomic mass is 32.1. The highest BCUT2D eigenvalue weighted by Gasteiger charge is 2.22. The number of nitrogens with zero attached hydrogens (tertiary/aromatic N) is 2. The van der Waals surface area contributed by atoms with Gasteiger partial charge in [-0.2, -0.15) is 5.26 Å². The molecule has 1 amide bonds. The number of thiophene rings is 1. The van der Waals surface area contributed by atoms with E-state index in [0.717, 1.165) is 48.4 Å². The minimum atomic E-state index is -0.110. The fraction of sp³-hybridized carbons (Fsp3) is 0.286. The van der Waals surface area contributed by atoms with Gasteiger partial charge in [0, 0.05) is 16.7 Å². The molecule has 0 radical (unpaired) electrons. The fourth-order valence-corrected chi connectivity index (χ4v) is 5.47. The number of benzene rings is 1. The highest BCUT2D eigenvalue weighted by molar-refractivity contribution is 7.16. The number of hydrogen-bond donors (Lipinski definition) is 1. The molecule has 0 saturated carbocycles. The van der Waals surface area contributed by atoms with Crippen molar-refractivity contribution in [2.45, 2.75) is 38.5 Å². The number of carbonyl (C=O) groups is 1. The fourth-order valence-electron chi connectivity index (χ4n) is 3.39. The molecule has 6 heteroatoms. The number of rotatable bonds is 5. The molecule has 0 unspecified atom stereocenters. The van der Waals surface area contributed by atoms with Crippen molar-refractivity contribution < 1.29 is 4.79 Å². The normalized spacial score (nSPS) is 13.0. The van der Waals surface area contributed by atoms with E-state index < -0.39 is 0 Å². The molecule has 136 valence electrons. The maximum absolute atomic E-state index is 12.5. The molecule has 1 N–H and O–H groups in total. The Morgan fingerprint density at radius 1 is 1.22 bits per heavy atom. The van der Waals surface area contributed by atoms with E-state index in [-0.39, 0.29) is 12.3 Å². The summed E-state index contributed by atoms with van der Waals surface area (Å²) < 4.78 is 0. The average Bonchev–Trinajstić information content (AvgIpc) is 3.25. The van der Waals surface area contributed by atoms with Gasteiger partial charge in [-0.3, -0.25) is 4.79 Å². The lowest BCUT2D eigenvalue weighted by Crippen LogP contribution is -2.14. The summed E-state index contributed by atoms with van der Waals surface area (Å²) in [5.74, 6) is -0.110. The van der Waals surface area contributed by atoms with E-state index in [2.05, 4.69) is 28.5 Å². The molecule has 0 saturated heterocycles. The first-order valence-corrected chi connectivity index (χ1v) is 10.7. The Bertz CT molecular complexity index is 998. The number of amides is 1. The van der Waals surface area contributed by atoms with Crippen LogP contribution in [0.1, 0.15) is 45.1 Å². The van der Waals surface area contributed by atoms with Crippen LogP contribution in [0.5, 0.6) is 0 Å². The molecule has 1 aliphatic carbocycles. The number of nitriles is 1. The van der Waals surface area contributed by atoms with Crippen molar-refractivity contribution in [2.75, 3.05) is 5.32 Å². The topological polar surface area (TPSA) is 65.8 Å². The van der Waals surface area contributed by atoms with E-state index in [1.165, 1.54) is 10.4 Å². The number of aromatic nitrogens is 1. The minimum absolute atomic E-state index is 0.110. The number of aryl methyl sites for hydroxylation is 1. The lowest BCUT2D eigenvalue weighted by atomic mass is 9.96. The largest absolute Gasteiger partial charge is 0.316 e. The Kier molecular flexibility index (Phi) is 5.33. The van der Waals surface area contributed by atoms with Crippen molar-refractivity contribution in [2.24, 2.45) is 0 Å². The second kappa shape index (κ2) is 8.03. The van der Waals surface area contributed by atoms with Gasteiger partial charge in [0.15, 0.2) is 0 Å². The summed E-state index contributed by atoms with van der Waals surface area (Å²) in [6, 6.07) is 12.5. The van der Waals surface area contributed by atoms with Gasteiger partial charge >= 0.3 is 0 Å². The van der Waals surface area contributed by atoms with Crippen LogP contribution in [-0.2, 0) is 30.5 Å². The Balaban J connectivity index is 1.42. The summed E-state index contributed by atoms with van der Waals surface area (Å²) in [5, 5.41) is 16.1. The number of hydrogen-bond acceptors (Lipinski definition) is 5. The van der Waals surface area contributed by atoms with E-state index >= 15 is 0 Å². The molecule has 0 spiro atoms. The van der Waals surface area contributed by atoms with Gasteiger partial charge in [0.25, 0.3) is 0 Å². The molecule has 4 nitrogen and oxygen atoms in total. The standard InChI is InChI=1S/C21H19N3OS2/c22-12-17-16-8-4-5-9-18(16)27-21(17)24-19(25)11-15-13-26-20(23-15)10-14-6-2-1-3-7-14/h1-3,6-7,13H,4-5,8-11H2,(H,24,25). The molecule has 2 heterocycles. The SMILES string of the molecule is N#Cc1c(NC(=O)Cc2csc(Cc3ccccc3)n2)sc2c1CCCC2. The van der Waals surface area contributed by atoms with Crippen molar-refractivity contribution in [3.63, 3.8) is 0 Å². The highest BCUT2D eigenvalue weighted by Crippen LogP contribution is 2.37. The van der Waals surface area contributed by atoms with Crippen LogP contribution in [0.3, 0.4) is 0 Å². The third-order valence-electron chi connectivity index (χ3n) is 4.68. The average molecular weight is 394 g/mol. The zero-order valence-corrected chi connectivity index (χ0v) is 16.5. The van der Waals surface area contributed by atoms with Gasteiger partial charge in [-0.1, -0.05) is 30.3 Å². The summed E-state index contributed by atoms with van der Waals surface area (Å²) in [6.45, 7) is 0. The molecule has 0 atom stereocenters. The number of carbonyl (C=O) groups excluding carboxylic acids is 1. The maximum Gasteiger partial charge on any atom is 0.231 e. The Labute approximate surface area is 166 Å². The van der Waals surface area contributed by atoms with Gasteiger partial charge in [-0.05, 0) is 36.8 Å². The first kappa shape index (κ1) is 17.9. The third kappa shape index (κ3) is 4.10. The first-order chi connectivity index (χ1) is 13.2. The number of nitrogens with one attached hydrogen (secondary N) is 1. The molecule has 0 aliphatic heterocycles. The first-order valence-electron chi connectivity index (χ1n) is 9.04. The number of fused-ring (bicyclic) bond motifs is 1. The Hall–Kier alpha value is -2.49. The molecule has 4 rings (SSSR count). The van der Waals surface area contributed by atoms with Crippen molar-refractivity contribution in [3.05, 3.63) is 68.0 Å². The molecule has 3 aromatic rings. The predicted molar refractivity (Wildman–Crippen MR) is 109 cm³/mol. The zero-order chi connectivity index (χ0) is 18.6. The monoisotopic (exact) mass is 393 g/mol. The summed E-state index contributed by atoms with van der Waals surface area (Å²) in [4.78, 5) is 18.3. The van der Waals surface area contributed by atoms with Crippen LogP contribution in [0, 0.1) is 11.3 Å². The van der Waals surface area contributed by atoms with Gasteiger partial charge in [0.2, 0.25) is 5.91 Å². The van der Waals surface area contributed by atoms with E-state index in [1.807, 2.05) is 23.6 Å². The van der Waals surface area contributed by atoms with E-state index in [1.54, 1.807) is 22.7 Å². The van der Waals surface area contributed by atoms with Crippen LogP contribution in [0.15, 0.2) is 35.7 Å². The van der Waals surface area contributed by atoms with Crippen LogP contribution in [0.2, 0.25) is 0 Å². The molecule has 1 aliphatic rings. The second-order valence-electron chi connectivity index (χ2n) is 6.65. The lowest BCUT2D eigenvalue weighted by molar-refractivity contribution is -0.115. The zero-order valence-electron chi connectivity index (χ0n) is 14.8. The summed E-state index contributed by atoms with van der Waals surface area (Å²) in [5.41, 5.74) is 3.79. The number of thiazole rings is 1. The quantitative estimate of drug-likeness (QED) is 0.682. The minimum Gasteiger partial charge on any atom is -0.316 e. The third-order valence-corrected chi connectivity index (χ3v) is 6.78. The molecule has 27 heavy (non-hydrogen) atoms. The summed E-state index contributed by atoms with van der Waals surface area (Å²) in [7, 11) is 0. The molecule has 0 fully saturated rings. The van der Waals surface area contributed by atoms with Crippen LogP contribution in [-0.4, -0.2) is 10.9 Å². The van der Waals surface area contributed by atoms with E-state index in [9.17, 15) is 10.1 Å². The molecule has 2 aromatic heterocycles. The summed E-state index contributed by atoms with van der Waals surface area (Å²) >= 11 is 3.14. The van der Waals surface area contributed by atoms with Gasteiger partial charge in [-0.25, -0.2) is 4.98 Å². The van der Waals surface area contributed by atoms with Crippen LogP contribution < -0.4 is 5.32 Å². The lowest BCUT2D eigenvalue weighted by Gasteiger charge is -2.09. The molecular formula is C21H19N3OS2. The van der Waals surface area contributed by atoms with Crippen LogP contribution in [0.25, 0.3) is 0 Å². The van der Waals surface area contributed by atoms with Crippen molar-refractivity contribution in [3.8, 4) is 6.07 Å². The van der Waals surface area contributed by atoms with E-state index in [4.69, 9.17) is 0 Å². The van der Waals surface area contributed by atoms with E-state index in [0.29, 0.717) is 10.6 Å². The summed E-state index contributed by atoms with van der Waals surface area (Å²) in [6.07, 6.45) is 5.25. The van der Waals surface area contributed by atoms with Gasteiger partial charge in [0.05, 0.1) is 22.7 Å². The Morgan fingerprint density at radius 2 is 2.04 bits per heavy atom. The van der Waals surface area contributed by atoms with Gasteiger partial charge in [0.1, 0.15) is 11.1 Å².